The molecule has 5 heteroatoms. The van der Waals surface area contributed by atoms with E-state index in [-0.39, 0.29) is 6.79 Å². The molecule has 88 valence electrons. The van der Waals surface area contributed by atoms with Gasteiger partial charge in [0, 0.05) is 12.1 Å². The van der Waals surface area contributed by atoms with Crippen LogP contribution < -0.4 is 15.2 Å². The van der Waals surface area contributed by atoms with Crippen molar-refractivity contribution < 1.29 is 9.47 Å². The Morgan fingerprint density at radius 2 is 2.06 bits per heavy atom. The van der Waals surface area contributed by atoms with Crippen molar-refractivity contribution in [2.24, 2.45) is 5.73 Å². The van der Waals surface area contributed by atoms with E-state index in [1.165, 1.54) is 0 Å². The first-order valence-electron chi connectivity index (χ1n) is 5.42. The summed E-state index contributed by atoms with van der Waals surface area (Å²) in [6, 6.07) is 3.95. The SMILES string of the molecule is Cc1cc2c(cc1-c1cn[nH]c1CN)OCO2. The quantitative estimate of drug-likeness (QED) is 0.822. The number of benzene rings is 1. The lowest BCUT2D eigenvalue weighted by molar-refractivity contribution is 0.174. The predicted octanol–water partition coefficient (Wildman–Crippen LogP) is 1.57. The number of aromatic amines is 1. The number of hydrogen-bond donors (Lipinski definition) is 2. The van der Waals surface area contributed by atoms with E-state index in [0.717, 1.165) is 33.9 Å². The van der Waals surface area contributed by atoms with E-state index in [2.05, 4.69) is 10.2 Å². The number of nitrogens with zero attached hydrogens (tertiary/aromatic N) is 1. The summed E-state index contributed by atoms with van der Waals surface area (Å²) in [5.41, 5.74) is 9.80. The molecule has 0 unspecified atom stereocenters. The lowest BCUT2D eigenvalue weighted by Gasteiger charge is -2.07. The van der Waals surface area contributed by atoms with Crippen molar-refractivity contribution in [3.8, 4) is 22.6 Å². The van der Waals surface area contributed by atoms with Crippen molar-refractivity contribution in [1.29, 1.82) is 0 Å². The Morgan fingerprint density at radius 3 is 2.82 bits per heavy atom. The molecule has 0 aliphatic carbocycles. The van der Waals surface area contributed by atoms with Crippen LogP contribution in [0.25, 0.3) is 11.1 Å². The van der Waals surface area contributed by atoms with E-state index in [9.17, 15) is 0 Å². The van der Waals surface area contributed by atoms with Crippen LogP contribution in [-0.2, 0) is 6.54 Å². The molecule has 17 heavy (non-hydrogen) atoms. The summed E-state index contributed by atoms with van der Waals surface area (Å²) in [4.78, 5) is 0. The maximum Gasteiger partial charge on any atom is 0.231 e. The zero-order valence-corrected chi connectivity index (χ0v) is 9.49. The van der Waals surface area contributed by atoms with Crippen molar-refractivity contribution in [3.63, 3.8) is 0 Å². The minimum atomic E-state index is 0.285. The third kappa shape index (κ3) is 1.55. The monoisotopic (exact) mass is 231 g/mol. The van der Waals surface area contributed by atoms with Gasteiger partial charge in [0.25, 0.3) is 0 Å². The van der Waals surface area contributed by atoms with E-state index in [4.69, 9.17) is 15.2 Å². The second-order valence-electron chi connectivity index (χ2n) is 3.99. The Kier molecular flexibility index (Phi) is 2.26. The first-order chi connectivity index (χ1) is 8.29. The number of nitrogens with two attached hydrogens (primary N) is 1. The number of nitrogens with one attached hydrogen (secondary N) is 1. The summed E-state index contributed by atoms with van der Waals surface area (Å²) in [5, 5.41) is 6.93. The van der Waals surface area contributed by atoms with Gasteiger partial charge in [0.15, 0.2) is 11.5 Å². The van der Waals surface area contributed by atoms with Crippen LogP contribution in [0.4, 0.5) is 0 Å². The lowest BCUT2D eigenvalue weighted by Crippen LogP contribution is -1.99. The number of hydrogen-bond acceptors (Lipinski definition) is 4. The molecule has 0 fully saturated rings. The van der Waals surface area contributed by atoms with Gasteiger partial charge in [-0.05, 0) is 30.2 Å². The Morgan fingerprint density at radius 1 is 1.29 bits per heavy atom. The minimum Gasteiger partial charge on any atom is -0.454 e. The number of fused-ring (bicyclic) bond motifs is 1. The van der Waals surface area contributed by atoms with Gasteiger partial charge in [-0.2, -0.15) is 5.10 Å². The summed E-state index contributed by atoms with van der Waals surface area (Å²) in [6.45, 7) is 2.75. The highest BCUT2D eigenvalue weighted by atomic mass is 16.7. The Hall–Kier alpha value is -2.01. The van der Waals surface area contributed by atoms with Crippen LogP contribution in [0.5, 0.6) is 11.5 Å². The van der Waals surface area contributed by atoms with E-state index < -0.39 is 0 Å². The standard InChI is InChI=1S/C12H13N3O2/c1-7-2-11-12(17-6-16-11)3-8(7)9-5-14-15-10(9)4-13/h2-3,5H,4,6,13H2,1H3,(H,14,15). The van der Waals surface area contributed by atoms with Crippen molar-refractivity contribution in [1.82, 2.24) is 10.2 Å². The van der Waals surface area contributed by atoms with E-state index >= 15 is 0 Å². The second kappa shape index (κ2) is 3.78. The fourth-order valence-electron chi connectivity index (χ4n) is 2.03. The van der Waals surface area contributed by atoms with Crippen molar-refractivity contribution in [3.05, 3.63) is 29.6 Å². The molecule has 1 aliphatic rings. The van der Waals surface area contributed by atoms with Gasteiger partial charge >= 0.3 is 0 Å². The molecular formula is C12H13N3O2. The van der Waals surface area contributed by atoms with Crippen LogP contribution in [0.2, 0.25) is 0 Å². The highest BCUT2D eigenvalue weighted by Crippen LogP contribution is 2.38. The summed E-state index contributed by atoms with van der Waals surface area (Å²) in [7, 11) is 0. The second-order valence-corrected chi connectivity index (χ2v) is 3.99. The molecule has 0 saturated heterocycles. The molecule has 1 aromatic carbocycles. The molecule has 0 radical (unpaired) electrons. The normalized spacial score (nSPS) is 13.1. The summed E-state index contributed by atoms with van der Waals surface area (Å²) in [6.07, 6.45) is 1.78. The average Bonchev–Trinajstić information content (AvgIpc) is 2.94. The molecular weight excluding hydrogens is 218 g/mol. The van der Waals surface area contributed by atoms with Crippen molar-refractivity contribution in [2.45, 2.75) is 13.5 Å². The van der Waals surface area contributed by atoms with Crippen LogP contribution >= 0.6 is 0 Å². The lowest BCUT2D eigenvalue weighted by atomic mass is 10.0. The van der Waals surface area contributed by atoms with Crippen molar-refractivity contribution >= 4 is 0 Å². The summed E-state index contributed by atoms with van der Waals surface area (Å²) >= 11 is 0. The van der Waals surface area contributed by atoms with E-state index in [1.54, 1.807) is 6.20 Å². The molecule has 0 amide bonds. The molecule has 3 N–H and O–H groups in total. The Bertz CT molecular complexity index is 563. The fraction of sp³-hybridized carbons (Fsp3) is 0.250. The van der Waals surface area contributed by atoms with Gasteiger partial charge in [0.1, 0.15) is 0 Å². The fourth-order valence-corrected chi connectivity index (χ4v) is 2.03. The van der Waals surface area contributed by atoms with Crippen molar-refractivity contribution in [2.75, 3.05) is 6.79 Å². The number of aryl methyl sites for hydroxylation is 1. The zero-order valence-electron chi connectivity index (χ0n) is 9.49. The Balaban J connectivity index is 2.15. The maximum absolute atomic E-state index is 5.67. The van der Waals surface area contributed by atoms with Crippen LogP contribution in [-0.4, -0.2) is 17.0 Å². The summed E-state index contributed by atoms with van der Waals surface area (Å²) < 4.78 is 10.7. The smallest absolute Gasteiger partial charge is 0.231 e. The first-order valence-corrected chi connectivity index (χ1v) is 5.42. The molecule has 5 nitrogen and oxygen atoms in total. The van der Waals surface area contributed by atoms with Crippen LogP contribution in [0.1, 0.15) is 11.3 Å². The van der Waals surface area contributed by atoms with E-state index in [0.29, 0.717) is 6.54 Å². The molecule has 0 atom stereocenters. The molecule has 3 rings (SSSR count). The first kappa shape index (κ1) is 10.2. The van der Waals surface area contributed by atoms with Gasteiger partial charge in [-0.15, -0.1) is 0 Å². The Labute approximate surface area is 98.5 Å². The molecule has 0 bridgehead atoms. The number of ether oxygens (including phenoxy) is 2. The predicted molar refractivity (Wildman–Crippen MR) is 62.8 cm³/mol. The third-order valence-corrected chi connectivity index (χ3v) is 2.93. The zero-order chi connectivity index (χ0) is 11.8. The summed E-state index contributed by atoms with van der Waals surface area (Å²) in [5.74, 6) is 1.57. The van der Waals surface area contributed by atoms with Gasteiger partial charge in [-0.1, -0.05) is 0 Å². The van der Waals surface area contributed by atoms with Gasteiger partial charge in [-0.25, -0.2) is 0 Å². The highest BCUT2D eigenvalue weighted by Gasteiger charge is 2.18. The molecule has 2 aromatic rings. The van der Waals surface area contributed by atoms with Gasteiger partial charge in [0.05, 0.1) is 11.9 Å². The molecule has 1 aromatic heterocycles. The third-order valence-electron chi connectivity index (χ3n) is 2.93. The van der Waals surface area contributed by atoms with Gasteiger partial charge in [-0.3, -0.25) is 5.10 Å². The number of rotatable bonds is 2. The van der Waals surface area contributed by atoms with Gasteiger partial charge < -0.3 is 15.2 Å². The maximum atomic E-state index is 5.67. The molecule has 0 spiro atoms. The molecule has 2 heterocycles. The average molecular weight is 231 g/mol. The van der Waals surface area contributed by atoms with Crippen LogP contribution in [0.15, 0.2) is 18.3 Å². The van der Waals surface area contributed by atoms with Crippen LogP contribution in [0.3, 0.4) is 0 Å². The van der Waals surface area contributed by atoms with E-state index in [1.807, 2.05) is 19.1 Å². The minimum absolute atomic E-state index is 0.285. The van der Waals surface area contributed by atoms with Crippen LogP contribution in [0, 0.1) is 6.92 Å². The number of aromatic nitrogens is 2. The number of H-pyrrole nitrogens is 1. The molecule has 0 saturated carbocycles. The topological polar surface area (TPSA) is 73.2 Å². The molecule has 1 aliphatic heterocycles. The largest absolute Gasteiger partial charge is 0.454 e. The highest BCUT2D eigenvalue weighted by molar-refractivity contribution is 5.72. The van der Waals surface area contributed by atoms with Gasteiger partial charge in [0.2, 0.25) is 6.79 Å².